The van der Waals surface area contributed by atoms with Crippen molar-refractivity contribution in [1.29, 1.82) is 0 Å². The minimum Gasteiger partial charge on any atom is -0.378 e. The van der Waals surface area contributed by atoms with Gasteiger partial charge in [0.1, 0.15) is 40.9 Å². The van der Waals surface area contributed by atoms with Gasteiger partial charge in [0.25, 0.3) is 12.3 Å². The summed E-state index contributed by atoms with van der Waals surface area (Å²) in [5.41, 5.74) is -1.15. The lowest BCUT2D eigenvalue weighted by Crippen LogP contribution is -2.36. The average molecular weight is 770 g/mol. The number of rotatable bonds is 9. The number of hydrogen-bond donors (Lipinski definition) is 3. The molecule has 0 saturated heterocycles. The molecule has 0 bridgehead atoms. The van der Waals surface area contributed by atoms with Crippen LogP contribution in [0.4, 0.5) is 32.2 Å². The summed E-state index contributed by atoms with van der Waals surface area (Å²) in [6, 6.07) is 8.24. The molecule has 282 valence electrons. The molecule has 3 heterocycles. The van der Waals surface area contributed by atoms with E-state index in [0.717, 1.165) is 12.1 Å². The van der Waals surface area contributed by atoms with Crippen LogP contribution < -0.4 is 10.6 Å². The first-order chi connectivity index (χ1) is 25.5. The number of aliphatic hydroxyl groups is 1. The van der Waals surface area contributed by atoms with E-state index in [1.165, 1.54) is 13.8 Å². The van der Waals surface area contributed by atoms with Crippen molar-refractivity contribution in [3.8, 4) is 23.0 Å². The van der Waals surface area contributed by atoms with E-state index >= 15 is 8.78 Å². The summed E-state index contributed by atoms with van der Waals surface area (Å²) in [5.74, 6) is -2.11. The lowest BCUT2D eigenvalue weighted by molar-refractivity contribution is -0.123. The average Bonchev–Trinajstić information content (AvgIpc) is 3.65. The van der Waals surface area contributed by atoms with Crippen LogP contribution >= 0.6 is 11.6 Å². The summed E-state index contributed by atoms with van der Waals surface area (Å²) in [5, 5.41) is 25.4. The van der Waals surface area contributed by atoms with Gasteiger partial charge in [0.05, 0.1) is 27.7 Å². The maximum atomic E-state index is 15.6. The van der Waals surface area contributed by atoms with Gasteiger partial charge in [0.15, 0.2) is 5.82 Å². The van der Waals surface area contributed by atoms with Gasteiger partial charge >= 0.3 is 0 Å². The van der Waals surface area contributed by atoms with E-state index in [1.807, 2.05) is 0 Å². The zero-order valence-corrected chi connectivity index (χ0v) is 30.2. The van der Waals surface area contributed by atoms with Crippen molar-refractivity contribution in [2.45, 2.75) is 69.6 Å². The molecule has 0 spiro atoms. The van der Waals surface area contributed by atoms with Crippen LogP contribution in [0.1, 0.15) is 79.0 Å². The van der Waals surface area contributed by atoms with E-state index in [9.17, 15) is 27.5 Å². The molecule has 3 atom stereocenters. The molecule has 2 aliphatic rings. The molecule has 16 heteroatoms. The number of nitrogens with one attached hydrogen (secondary N) is 2. The van der Waals surface area contributed by atoms with Crippen molar-refractivity contribution < 1.29 is 36.2 Å². The van der Waals surface area contributed by atoms with E-state index in [1.54, 1.807) is 43.0 Å². The lowest BCUT2D eigenvalue weighted by atomic mass is 9.73. The lowest BCUT2D eigenvalue weighted by Gasteiger charge is -2.34. The predicted molar refractivity (Wildman–Crippen MR) is 189 cm³/mol. The number of fused-ring (bicyclic) bond motifs is 4. The molecule has 7 rings (SSSR count). The molecule has 2 aliphatic carbocycles. The zero-order chi connectivity index (χ0) is 38.9. The van der Waals surface area contributed by atoms with Crippen LogP contribution in [-0.4, -0.2) is 48.2 Å². The standard InChI is InChI=1S/C38H34ClF6N7O2/c1-37(2,54)12-11-21-5-6-22(23-8-10-26(39)30-33(23)51(4)50-36(30)46-3)31(47-21)27(15-18-13-19(40)16-20(41)14-18)48-28(53)17-52-34-29(32(49-52)35(42)43)24-7-9-25(24)38(34,44)45/h5-6,8,10,13-14,16,24-25,27,35,54H,7,9,15,17H2,1-4H3,(H,46,50)(H,48,53). The van der Waals surface area contributed by atoms with E-state index in [2.05, 4.69) is 32.7 Å². The molecule has 0 radical (unpaired) electrons. The second-order valence-electron chi connectivity index (χ2n) is 14.1. The van der Waals surface area contributed by atoms with Gasteiger partial charge in [-0.2, -0.15) is 19.0 Å². The van der Waals surface area contributed by atoms with Gasteiger partial charge < -0.3 is 15.7 Å². The maximum absolute atomic E-state index is 15.6. The van der Waals surface area contributed by atoms with Crippen molar-refractivity contribution in [3.05, 3.63) is 93.0 Å². The van der Waals surface area contributed by atoms with Crippen molar-refractivity contribution in [3.63, 3.8) is 0 Å². The maximum Gasteiger partial charge on any atom is 0.293 e. The fraction of sp³-hybridized carbons (Fsp3) is 0.368. The van der Waals surface area contributed by atoms with Crippen LogP contribution in [0.2, 0.25) is 5.02 Å². The Labute approximate surface area is 310 Å². The quantitative estimate of drug-likeness (QED) is 0.106. The second-order valence-corrected chi connectivity index (χ2v) is 14.5. The summed E-state index contributed by atoms with van der Waals surface area (Å²) in [6.07, 6.45) is -2.94. The van der Waals surface area contributed by atoms with Crippen molar-refractivity contribution >= 4 is 34.2 Å². The van der Waals surface area contributed by atoms with E-state index in [-0.39, 0.29) is 35.4 Å². The van der Waals surface area contributed by atoms with Crippen molar-refractivity contribution in [2.75, 3.05) is 12.4 Å². The Morgan fingerprint density at radius 1 is 1.07 bits per heavy atom. The van der Waals surface area contributed by atoms with E-state index in [0.29, 0.717) is 50.0 Å². The number of amides is 1. The Bertz CT molecular complexity index is 2360. The Hall–Kier alpha value is -5.07. The smallest absolute Gasteiger partial charge is 0.293 e. The van der Waals surface area contributed by atoms with Crippen LogP contribution in [0.5, 0.6) is 0 Å². The Kier molecular flexibility index (Phi) is 9.42. The highest BCUT2D eigenvalue weighted by atomic mass is 35.5. The van der Waals surface area contributed by atoms with E-state index < -0.39 is 71.3 Å². The molecular formula is C38H34ClF6N7O2. The number of benzene rings is 2. The molecule has 0 aliphatic heterocycles. The molecule has 3 unspecified atom stereocenters. The first-order valence-electron chi connectivity index (χ1n) is 17.1. The van der Waals surface area contributed by atoms with Crippen LogP contribution in [0, 0.1) is 29.4 Å². The van der Waals surface area contributed by atoms with Crippen molar-refractivity contribution in [2.24, 2.45) is 13.0 Å². The Balaban J connectivity index is 1.37. The SMILES string of the molecule is CNc1nn(C)c2c(-c3ccc(C#CC(C)(C)O)nc3C(Cc3cc(F)cc(F)c3)NC(=O)Cn3nc(C(F)F)c4c3C(F)(F)C3CCC43)ccc(Cl)c12. The van der Waals surface area contributed by atoms with Crippen LogP contribution in [-0.2, 0) is 30.7 Å². The number of hydrogen-bond acceptors (Lipinski definition) is 6. The van der Waals surface area contributed by atoms with Gasteiger partial charge in [-0.05, 0) is 80.8 Å². The van der Waals surface area contributed by atoms with E-state index in [4.69, 9.17) is 16.6 Å². The number of aryl methyl sites for hydroxylation is 1. The van der Waals surface area contributed by atoms with Gasteiger partial charge in [-0.1, -0.05) is 23.6 Å². The zero-order valence-electron chi connectivity index (χ0n) is 29.4. The van der Waals surface area contributed by atoms with Gasteiger partial charge in [0, 0.05) is 42.8 Å². The molecule has 3 N–H and O–H groups in total. The highest BCUT2D eigenvalue weighted by Gasteiger charge is 2.62. The fourth-order valence-electron chi connectivity index (χ4n) is 7.52. The van der Waals surface area contributed by atoms with Gasteiger partial charge in [-0.15, -0.1) is 0 Å². The van der Waals surface area contributed by atoms with Crippen LogP contribution in [0.3, 0.4) is 0 Å². The third-order valence-corrected chi connectivity index (χ3v) is 10.2. The molecule has 5 aromatic rings. The van der Waals surface area contributed by atoms with Crippen LogP contribution in [0.15, 0.2) is 42.5 Å². The summed E-state index contributed by atoms with van der Waals surface area (Å²) in [7, 11) is 3.38. The highest BCUT2D eigenvalue weighted by molar-refractivity contribution is 6.37. The monoisotopic (exact) mass is 769 g/mol. The first kappa shape index (κ1) is 37.3. The summed E-state index contributed by atoms with van der Waals surface area (Å²) >= 11 is 6.62. The number of halogens is 7. The third-order valence-electron chi connectivity index (χ3n) is 9.86. The van der Waals surface area contributed by atoms with Gasteiger partial charge in [-0.3, -0.25) is 14.2 Å². The Morgan fingerprint density at radius 3 is 2.41 bits per heavy atom. The molecule has 3 aromatic heterocycles. The number of carbonyl (C=O) groups is 1. The topological polar surface area (TPSA) is 110 Å². The number of aromatic nitrogens is 5. The second kappa shape index (κ2) is 13.7. The third kappa shape index (κ3) is 6.66. The predicted octanol–water partition coefficient (Wildman–Crippen LogP) is 7.56. The number of carbonyl (C=O) groups excluding carboxylic acids is 1. The minimum atomic E-state index is -3.48. The number of nitrogens with zero attached hydrogens (tertiary/aromatic N) is 5. The molecule has 9 nitrogen and oxygen atoms in total. The largest absolute Gasteiger partial charge is 0.378 e. The van der Waals surface area contributed by atoms with Crippen LogP contribution in [0.25, 0.3) is 22.0 Å². The number of pyridine rings is 1. The van der Waals surface area contributed by atoms with Gasteiger partial charge in [-0.25, -0.2) is 22.5 Å². The number of anilines is 1. The normalized spacial score (nSPS) is 17.8. The minimum absolute atomic E-state index is 0.112. The summed E-state index contributed by atoms with van der Waals surface area (Å²) in [4.78, 5) is 18.7. The highest BCUT2D eigenvalue weighted by Crippen LogP contribution is 2.63. The van der Waals surface area contributed by atoms with Gasteiger partial charge in [0.2, 0.25) is 5.91 Å². The fourth-order valence-corrected chi connectivity index (χ4v) is 7.77. The molecule has 1 saturated carbocycles. The molecule has 2 aromatic carbocycles. The molecule has 1 amide bonds. The van der Waals surface area contributed by atoms with Crippen molar-refractivity contribution in [1.82, 2.24) is 29.9 Å². The molecular weight excluding hydrogens is 736 g/mol. The molecule has 54 heavy (non-hydrogen) atoms. The number of alkyl halides is 4. The Morgan fingerprint density at radius 2 is 1.78 bits per heavy atom. The summed E-state index contributed by atoms with van der Waals surface area (Å²) < 4.78 is 90.7. The molecule has 1 fully saturated rings. The summed E-state index contributed by atoms with van der Waals surface area (Å²) in [6.45, 7) is 2.09. The first-order valence-corrected chi connectivity index (χ1v) is 17.5.